The van der Waals surface area contributed by atoms with Crippen LogP contribution in [-0.2, 0) is 19.8 Å². The third-order valence-electron chi connectivity index (χ3n) is 5.07. The van der Waals surface area contributed by atoms with E-state index in [1.54, 1.807) is 0 Å². The zero-order valence-corrected chi connectivity index (χ0v) is 17.6. The van der Waals surface area contributed by atoms with Gasteiger partial charge in [0.05, 0.1) is 5.56 Å². The van der Waals surface area contributed by atoms with Gasteiger partial charge in [-0.2, -0.15) is 23.4 Å². The van der Waals surface area contributed by atoms with Crippen LogP contribution in [-0.4, -0.2) is 44.0 Å². The first-order valence-corrected chi connectivity index (χ1v) is 10.1. The molecule has 0 bridgehead atoms. The number of aryl methyl sites for hydroxylation is 1. The summed E-state index contributed by atoms with van der Waals surface area (Å²) in [6.07, 6.45) is -4.20. The van der Waals surface area contributed by atoms with Crippen molar-refractivity contribution in [3.05, 3.63) is 38.9 Å². The molecule has 1 aliphatic rings. The molecule has 1 amide bonds. The molecule has 0 radical (unpaired) electrons. The molecule has 3 rings (SSSR count). The fourth-order valence-corrected chi connectivity index (χ4v) is 3.75. The monoisotopic (exact) mass is 482 g/mol. The normalized spacial score (nSPS) is 19.2. The van der Waals surface area contributed by atoms with Crippen LogP contribution in [0.2, 0.25) is 5.15 Å². The van der Waals surface area contributed by atoms with Crippen LogP contribution < -0.4 is 16.2 Å². The number of hydrogen-bond acceptors (Lipinski definition) is 5. The fraction of sp³-hybridized carbons (Fsp3) is 0.556. The Morgan fingerprint density at radius 1 is 1.22 bits per heavy atom. The van der Waals surface area contributed by atoms with Crippen LogP contribution in [0.4, 0.5) is 27.8 Å². The lowest BCUT2D eigenvalue weighted by atomic mass is 9.91. The first-order valence-electron chi connectivity index (χ1n) is 9.68. The summed E-state index contributed by atoms with van der Waals surface area (Å²) in [5, 5.41) is 13.0. The fourth-order valence-electron chi connectivity index (χ4n) is 3.52. The maximum absolute atomic E-state index is 13.0. The maximum Gasteiger partial charge on any atom is 0.421 e. The maximum atomic E-state index is 13.0. The van der Waals surface area contributed by atoms with E-state index in [-0.39, 0.29) is 28.6 Å². The Hall–Kier alpha value is -2.70. The molecule has 2 N–H and O–H groups in total. The van der Waals surface area contributed by atoms with E-state index in [4.69, 9.17) is 11.6 Å². The van der Waals surface area contributed by atoms with Crippen molar-refractivity contribution in [1.29, 1.82) is 0 Å². The molecular formula is C18H20ClF5N6O2. The number of nitrogens with zero attached hydrogens (tertiary/aromatic N) is 4. The molecule has 0 spiro atoms. The third kappa shape index (κ3) is 5.75. The van der Waals surface area contributed by atoms with Gasteiger partial charge < -0.3 is 10.6 Å². The van der Waals surface area contributed by atoms with Gasteiger partial charge in [-0.05, 0) is 25.7 Å². The summed E-state index contributed by atoms with van der Waals surface area (Å²) < 4.78 is 65.6. The van der Waals surface area contributed by atoms with Gasteiger partial charge in [-0.1, -0.05) is 11.6 Å². The van der Waals surface area contributed by atoms with E-state index >= 15 is 0 Å². The number of amides is 1. The summed E-state index contributed by atoms with van der Waals surface area (Å²) in [5.74, 6) is -0.605. The standard InChI is InChI=1S/C18H20ClF5N6O2/c1-29-17(32)12(18(22,23)24)6-14(27-29)25-9-2-4-10(5-3-9)26-16(31)11-7-30(8-13(20)21)28-15(11)19/h6-7,9-10,13H,2-5,8H2,1H3,(H,25,27)(H,26,31)/t9-,10+. The van der Waals surface area contributed by atoms with Crippen LogP contribution in [0.25, 0.3) is 0 Å². The quantitative estimate of drug-likeness (QED) is 0.617. The molecule has 176 valence electrons. The molecular weight excluding hydrogens is 463 g/mol. The number of rotatable bonds is 6. The van der Waals surface area contributed by atoms with E-state index in [0.29, 0.717) is 36.4 Å². The molecule has 2 heterocycles. The highest BCUT2D eigenvalue weighted by Crippen LogP contribution is 2.28. The minimum atomic E-state index is -4.79. The molecule has 1 saturated carbocycles. The van der Waals surface area contributed by atoms with E-state index in [0.717, 1.165) is 17.9 Å². The Morgan fingerprint density at radius 2 is 1.84 bits per heavy atom. The van der Waals surface area contributed by atoms with E-state index in [1.165, 1.54) is 0 Å². The number of alkyl halides is 5. The lowest BCUT2D eigenvalue weighted by molar-refractivity contribution is -0.139. The average Bonchev–Trinajstić information content (AvgIpc) is 3.04. The van der Waals surface area contributed by atoms with Crippen molar-refractivity contribution in [2.75, 3.05) is 5.32 Å². The summed E-state index contributed by atoms with van der Waals surface area (Å²) in [7, 11) is 1.14. The molecule has 8 nitrogen and oxygen atoms in total. The topological polar surface area (TPSA) is 93.8 Å². The minimum Gasteiger partial charge on any atom is -0.366 e. The number of anilines is 1. The Labute approximate surface area is 183 Å². The van der Waals surface area contributed by atoms with E-state index in [1.807, 2.05) is 0 Å². The number of nitrogens with one attached hydrogen (secondary N) is 2. The Kier molecular flexibility index (Phi) is 7.06. The average molecular weight is 483 g/mol. The highest BCUT2D eigenvalue weighted by Gasteiger charge is 2.35. The summed E-state index contributed by atoms with van der Waals surface area (Å²) in [6.45, 7) is -0.682. The zero-order chi connectivity index (χ0) is 23.6. The van der Waals surface area contributed by atoms with Gasteiger partial charge in [-0.25, -0.2) is 13.5 Å². The first-order chi connectivity index (χ1) is 14.9. The molecule has 0 unspecified atom stereocenters. The van der Waals surface area contributed by atoms with Gasteiger partial charge in [0.25, 0.3) is 17.9 Å². The van der Waals surface area contributed by atoms with Crippen LogP contribution in [0.15, 0.2) is 17.1 Å². The smallest absolute Gasteiger partial charge is 0.366 e. The number of halogens is 6. The van der Waals surface area contributed by atoms with Crippen molar-refractivity contribution < 1.29 is 26.7 Å². The lowest BCUT2D eigenvalue weighted by Crippen LogP contribution is -2.40. The summed E-state index contributed by atoms with van der Waals surface area (Å²) in [5.41, 5.74) is -2.55. The molecule has 0 aromatic carbocycles. The van der Waals surface area contributed by atoms with Crippen LogP contribution in [0.1, 0.15) is 41.6 Å². The van der Waals surface area contributed by atoms with Gasteiger partial charge in [0, 0.05) is 31.4 Å². The van der Waals surface area contributed by atoms with Crippen LogP contribution in [0, 0.1) is 0 Å². The van der Waals surface area contributed by atoms with Gasteiger partial charge >= 0.3 is 6.18 Å². The first kappa shape index (κ1) is 24.0. The predicted molar refractivity (Wildman–Crippen MR) is 105 cm³/mol. The van der Waals surface area contributed by atoms with E-state index in [9.17, 15) is 31.5 Å². The molecule has 2 aromatic heterocycles. The van der Waals surface area contributed by atoms with Gasteiger partial charge in [0.15, 0.2) is 5.15 Å². The second-order valence-electron chi connectivity index (χ2n) is 7.48. The largest absolute Gasteiger partial charge is 0.421 e. The van der Waals surface area contributed by atoms with Gasteiger partial charge in [0.1, 0.15) is 17.9 Å². The molecule has 0 aliphatic heterocycles. The second kappa shape index (κ2) is 9.43. The molecule has 32 heavy (non-hydrogen) atoms. The van der Waals surface area contributed by atoms with Crippen molar-refractivity contribution in [3.8, 4) is 0 Å². The Bertz CT molecular complexity index is 1030. The second-order valence-corrected chi connectivity index (χ2v) is 7.84. The highest BCUT2D eigenvalue weighted by molar-refractivity contribution is 6.32. The van der Waals surface area contributed by atoms with Crippen molar-refractivity contribution in [2.45, 2.75) is 56.9 Å². The number of carbonyl (C=O) groups excluding carboxylic acids is 1. The molecule has 14 heteroatoms. The number of carbonyl (C=O) groups is 1. The SMILES string of the molecule is Cn1nc(N[C@H]2CC[C@@H](NC(=O)c3cn(CC(F)F)nc3Cl)CC2)cc(C(F)(F)F)c1=O. The summed E-state index contributed by atoms with van der Waals surface area (Å²) in [6, 6.07) is 0.260. The van der Waals surface area contributed by atoms with Gasteiger partial charge in [0.2, 0.25) is 0 Å². The molecule has 0 saturated heterocycles. The van der Waals surface area contributed by atoms with Gasteiger partial charge in [-0.3, -0.25) is 14.3 Å². The molecule has 2 aromatic rings. The van der Waals surface area contributed by atoms with Crippen LogP contribution >= 0.6 is 11.6 Å². The van der Waals surface area contributed by atoms with Crippen LogP contribution in [0.5, 0.6) is 0 Å². The highest BCUT2D eigenvalue weighted by atomic mass is 35.5. The summed E-state index contributed by atoms with van der Waals surface area (Å²) in [4.78, 5) is 24.1. The Morgan fingerprint density at radius 3 is 2.44 bits per heavy atom. The minimum absolute atomic E-state index is 0.0124. The van der Waals surface area contributed by atoms with E-state index in [2.05, 4.69) is 20.8 Å². The number of hydrogen-bond donors (Lipinski definition) is 2. The number of aromatic nitrogens is 4. The van der Waals surface area contributed by atoms with Crippen molar-refractivity contribution in [1.82, 2.24) is 24.9 Å². The van der Waals surface area contributed by atoms with Crippen molar-refractivity contribution in [3.63, 3.8) is 0 Å². The summed E-state index contributed by atoms with van der Waals surface area (Å²) >= 11 is 5.86. The van der Waals surface area contributed by atoms with Crippen molar-refractivity contribution >= 4 is 23.3 Å². The Balaban J connectivity index is 1.57. The predicted octanol–water partition coefficient (Wildman–Crippen LogP) is 3.07. The van der Waals surface area contributed by atoms with E-state index < -0.39 is 36.2 Å². The third-order valence-corrected chi connectivity index (χ3v) is 5.35. The molecule has 0 atom stereocenters. The molecule has 1 aliphatic carbocycles. The lowest BCUT2D eigenvalue weighted by Gasteiger charge is -2.30. The molecule has 1 fully saturated rings. The zero-order valence-electron chi connectivity index (χ0n) is 16.8. The van der Waals surface area contributed by atoms with Crippen LogP contribution in [0.3, 0.4) is 0 Å². The van der Waals surface area contributed by atoms with Gasteiger partial charge in [-0.15, -0.1) is 0 Å². The van der Waals surface area contributed by atoms with Crippen molar-refractivity contribution in [2.24, 2.45) is 7.05 Å².